The highest BCUT2D eigenvalue weighted by Crippen LogP contribution is 2.33. The number of phenols is 1. The van der Waals surface area contributed by atoms with Crippen molar-refractivity contribution in [3.05, 3.63) is 69.2 Å². The molecule has 1 aromatic rings. The molecule has 0 saturated carbocycles. The van der Waals surface area contributed by atoms with Crippen molar-refractivity contribution in [3.8, 4) is 5.75 Å². The second kappa shape index (κ2) is 23.1. The van der Waals surface area contributed by atoms with Crippen LogP contribution in [0.2, 0.25) is 0 Å². The van der Waals surface area contributed by atoms with E-state index in [1.807, 2.05) is 0 Å². The molecule has 6 unspecified atom stereocenters. The number of carbonyl (C=O) groups excluding carboxylic acids is 8. The second-order valence-corrected chi connectivity index (χ2v) is 15.5. The number of ether oxygens (including phenoxy) is 1. The number of amides is 7. The number of aromatic hydroxyl groups is 1. The number of phenolic OH excluding ortho intramolecular Hbond substituents is 1. The fourth-order valence-corrected chi connectivity index (χ4v) is 6.49. The van der Waals surface area contributed by atoms with Crippen molar-refractivity contribution in [3.63, 3.8) is 0 Å². The van der Waals surface area contributed by atoms with Crippen LogP contribution in [0.25, 0.3) is 6.08 Å². The van der Waals surface area contributed by atoms with Crippen LogP contribution in [0.1, 0.15) is 59.4 Å². The number of rotatable bonds is 13. The number of esters is 1. The Morgan fingerprint density at radius 2 is 1.26 bits per heavy atom. The minimum absolute atomic E-state index is 0.0270. The molecule has 1 aromatic carbocycles. The molecule has 0 aromatic heterocycles. The molecule has 1 heterocycles. The minimum atomic E-state index is -1.65. The maximum Gasteiger partial charge on any atom is 0.328 e. The van der Waals surface area contributed by atoms with Gasteiger partial charge < -0.3 is 47.9 Å². The Labute approximate surface area is 347 Å². The predicted octanol–water partition coefficient (Wildman–Crippen LogP) is 1.42. The molecular formula is C38H49Br2N7O10. The molecule has 57 heavy (non-hydrogen) atoms. The summed E-state index contributed by atoms with van der Waals surface area (Å²) in [5.74, 6) is -8.41. The fraction of sp³-hybridized carbons (Fsp3) is 0.421. The standard InChI is InChI=1S/C38H49Br2N7O10/c1-19(2)14-27-38(56)57-21(5)32(46-30(50)13-11-9-7-6-8-10-12-22-15-23(39)33(51)24(40)16-22)37(55)47-31(20(3)4)36(54)44-26(18-29(42)49)34(52)43-25(17-28(41)48)35(53)45-27/h6-13,15-16,19-21,25-27,31-32,51H,14,17-18H2,1-5H3,(H2,41,48)(H2,42,49)(H,43,52)(H,44,54)(H,45,53)(H,46,50)(H,47,55). The molecule has 310 valence electrons. The molecule has 10 N–H and O–H groups in total. The van der Waals surface area contributed by atoms with Crippen LogP contribution >= 0.6 is 31.9 Å². The number of allylic oxidation sites excluding steroid dienone is 6. The topological polar surface area (TPSA) is 278 Å². The van der Waals surface area contributed by atoms with Crippen LogP contribution in [0.15, 0.2) is 63.6 Å². The average molecular weight is 924 g/mol. The number of halogens is 2. The van der Waals surface area contributed by atoms with Crippen LogP contribution in [0.4, 0.5) is 0 Å². The van der Waals surface area contributed by atoms with Crippen LogP contribution in [-0.4, -0.2) is 88.7 Å². The lowest BCUT2D eigenvalue weighted by molar-refractivity contribution is -0.156. The van der Waals surface area contributed by atoms with Gasteiger partial charge in [-0.2, -0.15) is 0 Å². The van der Waals surface area contributed by atoms with Gasteiger partial charge >= 0.3 is 5.97 Å². The van der Waals surface area contributed by atoms with E-state index in [0.717, 1.165) is 11.6 Å². The zero-order valence-electron chi connectivity index (χ0n) is 32.0. The number of nitrogens with one attached hydrogen (secondary N) is 5. The highest BCUT2D eigenvalue weighted by atomic mass is 79.9. The Bertz CT molecular complexity index is 1790. The maximum atomic E-state index is 13.8. The highest BCUT2D eigenvalue weighted by Gasteiger charge is 2.38. The number of hydrogen-bond acceptors (Lipinski definition) is 10. The number of hydrogen-bond donors (Lipinski definition) is 8. The largest absolute Gasteiger partial charge is 0.506 e. The lowest BCUT2D eigenvalue weighted by Crippen LogP contribution is -2.62. The highest BCUT2D eigenvalue weighted by molar-refractivity contribution is 9.11. The Balaban J connectivity index is 2.42. The molecule has 1 saturated heterocycles. The van der Waals surface area contributed by atoms with Crippen molar-refractivity contribution in [1.29, 1.82) is 0 Å². The van der Waals surface area contributed by atoms with Crippen LogP contribution in [-0.2, 0) is 43.1 Å². The molecule has 1 aliphatic rings. The van der Waals surface area contributed by atoms with Gasteiger partial charge in [0.1, 0.15) is 42.1 Å². The summed E-state index contributed by atoms with van der Waals surface area (Å²) >= 11 is 6.55. The van der Waals surface area contributed by atoms with Crippen LogP contribution in [0, 0.1) is 11.8 Å². The lowest BCUT2D eigenvalue weighted by Gasteiger charge is -2.31. The van der Waals surface area contributed by atoms with E-state index in [1.165, 1.54) is 13.0 Å². The van der Waals surface area contributed by atoms with Gasteiger partial charge in [0.25, 0.3) is 0 Å². The Kier molecular flexibility index (Phi) is 19.4. The molecule has 0 spiro atoms. The summed E-state index contributed by atoms with van der Waals surface area (Å²) in [5.41, 5.74) is 11.5. The molecule has 0 radical (unpaired) electrons. The van der Waals surface area contributed by atoms with E-state index in [4.69, 9.17) is 16.2 Å². The van der Waals surface area contributed by atoms with E-state index in [2.05, 4.69) is 58.4 Å². The quantitative estimate of drug-likeness (QED) is 0.0801. The van der Waals surface area contributed by atoms with E-state index >= 15 is 0 Å². The van der Waals surface area contributed by atoms with Gasteiger partial charge in [-0.05, 0) is 74.7 Å². The summed E-state index contributed by atoms with van der Waals surface area (Å²) in [4.78, 5) is 105. The molecule has 0 bridgehead atoms. The number of carbonyl (C=O) groups is 8. The molecule has 19 heteroatoms. The zero-order chi connectivity index (χ0) is 43.0. The lowest BCUT2D eigenvalue weighted by atomic mass is 10.0. The first-order chi connectivity index (χ1) is 26.7. The van der Waals surface area contributed by atoms with Gasteiger partial charge in [-0.15, -0.1) is 0 Å². The molecular weight excluding hydrogens is 874 g/mol. The second-order valence-electron chi connectivity index (χ2n) is 13.8. The first kappa shape index (κ1) is 47.9. The molecule has 6 atom stereocenters. The normalized spacial score (nSPS) is 23.1. The first-order valence-corrected chi connectivity index (χ1v) is 19.4. The summed E-state index contributed by atoms with van der Waals surface area (Å²) in [7, 11) is 0. The van der Waals surface area contributed by atoms with E-state index in [0.29, 0.717) is 8.95 Å². The van der Waals surface area contributed by atoms with Crippen molar-refractivity contribution in [2.45, 2.75) is 90.2 Å². The SMILES string of the molecule is CC(C)CC1NC(=O)C(CC(N)=O)NC(=O)C(CC(N)=O)NC(=O)C(C(C)C)NC(=O)C(NC(=O)C=CC=CC=CC=Cc2cc(Br)c(O)c(Br)c2)C(C)OC1=O. The minimum Gasteiger partial charge on any atom is -0.506 e. The number of benzene rings is 1. The molecule has 1 aliphatic heterocycles. The third-order valence-electron chi connectivity index (χ3n) is 8.11. The van der Waals surface area contributed by atoms with Crippen molar-refractivity contribution in [2.24, 2.45) is 23.3 Å². The first-order valence-electron chi connectivity index (χ1n) is 17.8. The van der Waals surface area contributed by atoms with Crippen molar-refractivity contribution < 1.29 is 48.2 Å². The molecule has 17 nitrogen and oxygen atoms in total. The van der Waals surface area contributed by atoms with E-state index in [9.17, 15) is 43.5 Å². The van der Waals surface area contributed by atoms with Gasteiger partial charge in [-0.1, -0.05) is 70.2 Å². The average Bonchev–Trinajstić information content (AvgIpc) is 3.10. The Hall–Kier alpha value is -5.30. The summed E-state index contributed by atoms with van der Waals surface area (Å²) in [6, 6.07) is -4.09. The number of nitrogens with two attached hydrogens (primary N) is 2. The maximum absolute atomic E-state index is 13.8. The zero-order valence-corrected chi connectivity index (χ0v) is 35.2. The van der Waals surface area contributed by atoms with Crippen LogP contribution < -0.4 is 38.1 Å². The van der Waals surface area contributed by atoms with Crippen molar-refractivity contribution >= 4 is 85.3 Å². The number of primary amides is 2. The fourth-order valence-electron chi connectivity index (χ4n) is 5.27. The summed E-state index contributed by atoms with van der Waals surface area (Å²) in [5, 5.41) is 22.0. The molecule has 7 amide bonds. The third-order valence-corrected chi connectivity index (χ3v) is 9.32. The van der Waals surface area contributed by atoms with Crippen LogP contribution in [0.3, 0.4) is 0 Å². The van der Waals surface area contributed by atoms with Gasteiger partial charge in [0.15, 0.2) is 0 Å². The van der Waals surface area contributed by atoms with Gasteiger partial charge in [0.2, 0.25) is 41.4 Å². The van der Waals surface area contributed by atoms with E-state index < -0.39 is 102 Å². The Morgan fingerprint density at radius 3 is 1.77 bits per heavy atom. The van der Waals surface area contributed by atoms with Crippen LogP contribution in [0.5, 0.6) is 5.75 Å². The monoisotopic (exact) mass is 921 g/mol. The number of cyclic esters (lactones) is 1. The summed E-state index contributed by atoms with van der Waals surface area (Å²) in [6.45, 7) is 8.01. The third kappa shape index (κ3) is 16.4. The summed E-state index contributed by atoms with van der Waals surface area (Å²) in [6.07, 6.45) is 9.92. The smallest absolute Gasteiger partial charge is 0.328 e. The van der Waals surface area contributed by atoms with Crippen molar-refractivity contribution in [2.75, 3.05) is 0 Å². The molecule has 2 rings (SSSR count). The Morgan fingerprint density at radius 1 is 0.772 bits per heavy atom. The van der Waals surface area contributed by atoms with Gasteiger partial charge in [-0.25, -0.2) is 4.79 Å². The van der Waals surface area contributed by atoms with Gasteiger partial charge in [-0.3, -0.25) is 33.6 Å². The van der Waals surface area contributed by atoms with Gasteiger partial charge in [0.05, 0.1) is 21.8 Å². The molecule has 1 fully saturated rings. The molecule has 0 aliphatic carbocycles. The van der Waals surface area contributed by atoms with Crippen molar-refractivity contribution in [1.82, 2.24) is 26.6 Å². The van der Waals surface area contributed by atoms with Gasteiger partial charge in [0, 0.05) is 6.08 Å². The van der Waals surface area contributed by atoms with E-state index in [1.54, 1.807) is 76.3 Å². The van der Waals surface area contributed by atoms with E-state index in [-0.39, 0.29) is 18.1 Å². The predicted molar refractivity (Wildman–Crippen MR) is 217 cm³/mol. The summed E-state index contributed by atoms with van der Waals surface area (Å²) < 4.78 is 6.67.